The van der Waals surface area contributed by atoms with Gasteiger partial charge in [0, 0.05) is 24.0 Å². The van der Waals surface area contributed by atoms with Gasteiger partial charge in [0.15, 0.2) is 0 Å². The minimum atomic E-state index is 0.229. The Bertz CT molecular complexity index is 825. The van der Waals surface area contributed by atoms with Crippen molar-refractivity contribution in [3.63, 3.8) is 0 Å². The van der Waals surface area contributed by atoms with Crippen LogP contribution in [0.15, 0.2) is 53.3 Å². The van der Waals surface area contributed by atoms with Crippen molar-refractivity contribution < 1.29 is 4.52 Å². The lowest BCUT2D eigenvalue weighted by Crippen LogP contribution is -2.25. The van der Waals surface area contributed by atoms with E-state index in [1.165, 1.54) is 11.1 Å². The Hall–Kier alpha value is -2.53. The first-order valence-electron chi connectivity index (χ1n) is 9.58. The van der Waals surface area contributed by atoms with Crippen LogP contribution in [0, 0.1) is 11.8 Å². The average molecular weight is 364 g/mol. The molecule has 1 aromatic carbocycles. The van der Waals surface area contributed by atoms with E-state index in [2.05, 4.69) is 72.4 Å². The first-order valence-corrected chi connectivity index (χ1v) is 9.58. The molecule has 2 heterocycles. The Morgan fingerprint density at radius 1 is 1.04 bits per heavy atom. The Kier molecular flexibility index (Phi) is 6.35. The molecule has 142 valence electrons. The molecule has 1 atom stereocenters. The lowest BCUT2D eigenvalue weighted by Gasteiger charge is -2.22. The number of pyridine rings is 1. The highest BCUT2D eigenvalue weighted by molar-refractivity contribution is 5.51. The second kappa shape index (κ2) is 8.91. The van der Waals surface area contributed by atoms with Crippen molar-refractivity contribution in [3.8, 4) is 11.4 Å². The van der Waals surface area contributed by atoms with Crippen molar-refractivity contribution >= 4 is 0 Å². The molecule has 2 aromatic heterocycles. The minimum absolute atomic E-state index is 0.229. The van der Waals surface area contributed by atoms with Gasteiger partial charge in [0.25, 0.3) is 0 Å². The molecule has 1 unspecified atom stereocenters. The molecule has 3 rings (SSSR count). The van der Waals surface area contributed by atoms with Crippen LogP contribution < -0.4 is 5.32 Å². The summed E-state index contributed by atoms with van der Waals surface area (Å²) in [7, 11) is 0. The lowest BCUT2D eigenvalue weighted by atomic mass is 9.94. The molecule has 0 aliphatic heterocycles. The van der Waals surface area contributed by atoms with Crippen LogP contribution in [-0.2, 0) is 13.0 Å². The zero-order valence-electron chi connectivity index (χ0n) is 16.5. The minimum Gasteiger partial charge on any atom is -0.338 e. The van der Waals surface area contributed by atoms with E-state index in [0.717, 1.165) is 12.0 Å². The number of rotatable bonds is 8. The van der Waals surface area contributed by atoms with Gasteiger partial charge in [-0.3, -0.25) is 4.98 Å². The van der Waals surface area contributed by atoms with Crippen LogP contribution in [0.3, 0.4) is 0 Å². The van der Waals surface area contributed by atoms with Crippen LogP contribution in [0.5, 0.6) is 0 Å². The molecule has 0 aliphatic carbocycles. The van der Waals surface area contributed by atoms with Crippen molar-refractivity contribution in [2.24, 2.45) is 11.8 Å². The van der Waals surface area contributed by atoms with Crippen molar-refractivity contribution in [1.82, 2.24) is 20.4 Å². The monoisotopic (exact) mass is 364 g/mol. The van der Waals surface area contributed by atoms with Crippen molar-refractivity contribution in [2.75, 3.05) is 0 Å². The zero-order chi connectivity index (χ0) is 19.2. The SMILES string of the molecule is CC(C)Cc1ccc(C(NCc2nc(-c3cccnc3)no2)C(C)C)cc1. The summed E-state index contributed by atoms with van der Waals surface area (Å²) in [5.74, 6) is 2.26. The summed E-state index contributed by atoms with van der Waals surface area (Å²) in [5.41, 5.74) is 3.52. The Morgan fingerprint density at radius 2 is 1.81 bits per heavy atom. The summed E-state index contributed by atoms with van der Waals surface area (Å²) < 4.78 is 5.40. The van der Waals surface area contributed by atoms with Crippen LogP contribution in [0.25, 0.3) is 11.4 Å². The number of hydrogen-bond acceptors (Lipinski definition) is 5. The molecule has 27 heavy (non-hydrogen) atoms. The molecular weight excluding hydrogens is 336 g/mol. The average Bonchev–Trinajstić information content (AvgIpc) is 3.12. The molecule has 0 spiro atoms. The fourth-order valence-electron chi connectivity index (χ4n) is 3.21. The van der Waals surface area contributed by atoms with Gasteiger partial charge >= 0.3 is 0 Å². The van der Waals surface area contributed by atoms with Gasteiger partial charge in [0.2, 0.25) is 11.7 Å². The number of nitrogens with zero attached hydrogens (tertiary/aromatic N) is 3. The van der Waals surface area contributed by atoms with E-state index >= 15 is 0 Å². The highest BCUT2D eigenvalue weighted by atomic mass is 16.5. The van der Waals surface area contributed by atoms with Crippen LogP contribution >= 0.6 is 0 Å². The van der Waals surface area contributed by atoms with Gasteiger partial charge < -0.3 is 9.84 Å². The van der Waals surface area contributed by atoms with E-state index < -0.39 is 0 Å². The van der Waals surface area contributed by atoms with Gasteiger partial charge in [-0.1, -0.05) is 57.1 Å². The second-order valence-corrected chi connectivity index (χ2v) is 7.70. The van der Waals surface area contributed by atoms with Gasteiger partial charge in [0.1, 0.15) is 0 Å². The fourth-order valence-corrected chi connectivity index (χ4v) is 3.21. The molecule has 0 saturated heterocycles. The standard InChI is InChI=1S/C22H28N4O/c1-15(2)12-17-7-9-18(10-8-17)21(16(3)4)24-14-20-25-22(26-27-20)19-6-5-11-23-13-19/h5-11,13,15-16,21,24H,12,14H2,1-4H3. The van der Waals surface area contributed by atoms with Crippen LogP contribution in [0.1, 0.15) is 50.8 Å². The number of hydrogen-bond donors (Lipinski definition) is 1. The van der Waals surface area contributed by atoms with E-state index in [1.54, 1.807) is 12.4 Å². The third kappa shape index (κ3) is 5.23. The molecule has 0 amide bonds. The van der Waals surface area contributed by atoms with Crippen molar-refractivity contribution in [3.05, 3.63) is 65.8 Å². The summed E-state index contributed by atoms with van der Waals surface area (Å²) in [6.45, 7) is 9.46. The molecule has 0 fully saturated rings. The fraction of sp³-hybridized carbons (Fsp3) is 0.409. The second-order valence-electron chi connectivity index (χ2n) is 7.70. The number of benzene rings is 1. The summed E-state index contributed by atoms with van der Waals surface area (Å²) in [4.78, 5) is 8.57. The molecule has 0 aliphatic rings. The first kappa shape index (κ1) is 19.2. The summed E-state index contributed by atoms with van der Waals surface area (Å²) in [6.07, 6.45) is 4.57. The van der Waals surface area contributed by atoms with Crippen LogP contribution in [0.4, 0.5) is 0 Å². The van der Waals surface area contributed by atoms with E-state index in [9.17, 15) is 0 Å². The number of aromatic nitrogens is 3. The maximum Gasteiger partial charge on any atom is 0.240 e. The third-order valence-electron chi connectivity index (χ3n) is 4.51. The maximum absolute atomic E-state index is 5.40. The molecule has 5 nitrogen and oxygen atoms in total. The van der Waals surface area contributed by atoms with Crippen molar-refractivity contribution in [1.29, 1.82) is 0 Å². The maximum atomic E-state index is 5.40. The van der Waals surface area contributed by atoms with E-state index in [-0.39, 0.29) is 6.04 Å². The number of nitrogens with one attached hydrogen (secondary N) is 1. The van der Waals surface area contributed by atoms with Gasteiger partial charge in [-0.15, -0.1) is 0 Å². The normalized spacial score (nSPS) is 12.7. The highest BCUT2D eigenvalue weighted by Gasteiger charge is 2.17. The molecule has 3 aromatic rings. The molecule has 1 N–H and O–H groups in total. The summed E-state index contributed by atoms with van der Waals surface area (Å²) in [6, 6.07) is 12.9. The third-order valence-corrected chi connectivity index (χ3v) is 4.51. The molecular formula is C22H28N4O. The topological polar surface area (TPSA) is 63.8 Å². The predicted molar refractivity (Wildman–Crippen MR) is 107 cm³/mol. The Labute approximate surface area is 161 Å². The van der Waals surface area contributed by atoms with Gasteiger partial charge in [-0.2, -0.15) is 4.98 Å². The van der Waals surface area contributed by atoms with E-state index in [4.69, 9.17) is 4.52 Å². The molecule has 0 saturated carbocycles. The van der Waals surface area contributed by atoms with Crippen LogP contribution in [0.2, 0.25) is 0 Å². The first-order chi connectivity index (χ1) is 13.0. The van der Waals surface area contributed by atoms with E-state index in [0.29, 0.717) is 30.1 Å². The van der Waals surface area contributed by atoms with Crippen LogP contribution in [-0.4, -0.2) is 15.1 Å². The Balaban J connectivity index is 1.66. The van der Waals surface area contributed by atoms with Gasteiger partial charge in [0.05, 0.1) is 6.54 Å². The Morgan fingerprint density at radius 3 is 2.44 bits per heavy atom. The summed E-state index contributed by atoms with van der Waals surface area (Å²) >= 11 is 0. The molecule has 5 heteroatoms. The smallest absolute Gasteiger partial charge is 0.240 e. The lowest BCUT2D eigenvalue weighted by molar-refractivity contribution is 0.337. The van der Waals surface area contributed by atoms with Crippen molar-refractivity contribution in [2.45, 2.75) is 46.7 Å². The predicted octanol–water partition coefficient (Wildman–Crippen LogP) is 4.82. The zero-order valence-corrected chi connectivity index (χ0v) is 16.5. The van der Waals surface area contributed by atoms with Gasteiger partial charge in [-0.25, -0.2) is 0 Å². The van der Waals surface area contributed by atoms with E-state index in [1.807, 2.05) is 12.1 Å². The quantitative estimate of drug-likeness (QED) is 0.621. The largest absolute Gasteiger partial charge is 0.338 e. The molecule has 0 radical (unpaired) electrons. The highest BCUT2D eigenvalue weighted by Crippen LogP contribution is 2.23. The molecule has 0 bridgehead atoms. The van der Waals surface area contributed by atoms with Gasteiger partial charge in [-0.05, 0) is 41.5 Å². The summed E-state index contributed by atoms with van der Waals surface area (Å²) in [5, 5.41) is 7.62.